The Morgan fingerprint density at radius 2 is 2.21 bits per heavy atom. The van der Waals surface area contributed by atoms with Crippen LogP contribution in [0.2, 0.25) is 5.02 Å². The number of carbonyl (C=O) groups is 1. The lowest BCUT2D eigenvalue weighted by atomic mass is 10.1. The summed E-state index contributed by atoms with van der Waals surface area (Å²) in [5.74, 6) is -0.444. The Morgan fingerprint density at radius 3 is 2.89 bits per heavy atom. The van der Waals surface area contributed by atoms with E-state index in [1.807, 2.05) is 30.3 Å². The highest BCUT2D eigenvalue weighted by atomic mass is 35.5. The van der Waals surface area contributed by atoms with E-state index in [2.05, 4.69) is 11.9 Å². The van der Waals surface area contributed by atoms with Crippen LogP contribution in [0.4, 0.5) is 0 Å². The fourth-order valence-electron chi connectivity index (χ4n) is 3.03. The van der Waals surface area contributed by atoms with E-state index in [1.165, 1.54) is 0 Å². The first-order valence-corrected chi connectivity index (χ1v) is 11.1. The van der Waals surface area contributed by atoms with Gasteiger partial charge in [0.25, 0.3) is 0 Å². The van der Waals surface area contributed by atoms with Gasteiger partial charge in [-0.05, 0) is 48.6 Å². The van der Waals surface area contributed by atoms with Crippen molar-refractivity contribution in [3.8, 4) is 5.75 Å². The van der Waals surface area contributed by atoms with E-state index >= 15 is 0 Å². The van der Waals surface area contributed by atoms with Crippen molar-refractivity contribution >= 4 is 40.9 Å². The van der Waals surface area contributed by atoms with Gasteiger partial charge in [-0.25, -0.2) is 4.98 Å². The standard InChI is InChI=1S/C21H23Cl2NO3S/c1-2-3-6-19(23)28-20-7-4-5-13(24-20)12-27-14-8-9-15(18(22)10-14)16-11-17(16)21(25)26/h4-5,7-10,16-17,19H,2-3,6,11-12H2,1H3,(H,25,26). The van der Waals surface area contributed by atoms with E-state index in [9.17, 15) is 4.79 Å². The summed E-state index contributed by atoms with van der Waals surface area (Å²) in [6.07, 6.45) is 3.84. The summed E-state index contributed by atoms with van der Waals surface area (Å²) in [4.78, 5) is 15.6. The van der Waals surface area contributed by atoms with Crippen molar-refractivity contribution in [2.24, 2.45) is 5.92 Å². The predicted molar refractivity (Wildman–Crippen MR) is 114 cm³/mol. The fraction of sp³-hybridized carbons (Fsp3) is 0.429. The molecule has 28 heavy (non-hydrogen) atoms. The largest absolute Gasteiger partial charge is 0.487 e. The highest BCUT2D eigenvalue weighted by molar-refractivity contribution is 8.01. The number of hydrogen-bond donors (Lipinski definition) is 1. The van der Waals surface area contributed by atoms with Crippen LogP contribution in [0.5, 0.6) is 5.75 Å². The van der Waals surface area contributed by atoms with Crippen molar-refractivity contribution in [2.75, 3.05) is 0 Å². The van der Waals surface area contributed by atoms with Gasteiger partial charge in [0.15, 0.2) is 0 Å². The normalized spacial score (nSPS) is 19.2. The molecule has 0 aliphatic heterocycles. The minimum absolute atomic E-state index is 0.00521. The van der Waals surface area contributed by atoms with Crippen molar-refractivity contribution in [1.29, 1.82) is 0 Å². The summed E-state index contributed by atoms with van der Waals surface area (Å²) in [7, 11) is 0. The quantitative estimate of drug-likeness (QED) is 0.345. The maximum absolute atomic E-state index is 11.0. The zero-order chi connectivity index (χ0) is 20.1. The van der Waals surface area contributed by atoms with Gasteiger partial charge in [0.2, 0.25) is 0 Å². The number of aliphatic carboxylic acids is 1. The van der Waals surface area contributed by atoms with Crippen LogP contribution in [0.15, 0.2) is 41.4 Å². The molecule has 0 amide bonds. The minimum atomic E-state index is -0.765. The van der Waals surface area contributed by atoms with Crippen LogP contribution in [0, 0.1) is 5.92 Å². The Labute approximate surface area is 179 Å². The Morgan fingerprint density at radius 1 is 1.39 bits per heavy atom. The van der Waals surface area contributed by atoms with Gasteiger partial charge in [0.1, 0.15) is 12.4 Å². The number of rotatable bonds is 10. The molecule has 1 aliphatic rings. The molecule has 0 bridgehead atoms. The van der Waals surface area contributed by atoms with Gasteiger partial charge >= 0.3 is 5.97 Å². The maximum atomic E-state index is 11.0. The molecular formula is C21H23Cl2NO3S. The van der Waals surface area contributed by atoms with Gasteiger partial charge in [-0.2, -0.15) is 0 Å². The van der Waals surface area contributed by atoms with Crippen LogP contribution in [0.25, 0.3) is 0 Å². The number of unbranched alkanes of at least 4 members (excludes halogenated alkanes) is 1. The monoisotopic (exact) mass is 439 g/mol. The second-order valence-electron chi connectivity index (χ2n) is 6.90. The van der Waals surface area contributed by atoms with Gasteiger partial charge in [-0.1, -0.05) is 55.3 Å². The van der Waals surface area contributed by atoms with E-state index in [4.69, 9.17) is 33.0 Å². The molecule has 1 saturated carbocycles. The molecular weight excluding hydrogens is 417 g/mol. The number of benzene rings is 1. The molecule has 1 fully saturated rings. The third-order valence-electron chi connectivity index (χ3n) is 4.68. The second kappa shape index (κ2) is 9.86. The molecule has 1 aromatic heterocycles. The molecule has 1 aromatic carbocycles. The number of carboxylic acid groups (broad SMARTS) is 1. The minimum Gasteiger partial charge on any atom is -0.487 e. The SMILES string of the molecule is CCCCC(Cl)Sc1cccc(COc2ccc(C3CC3C(=O)O)c(Cl)c2)n1. The summed E-state index contributed by atoms with van der Waals surface area (Å²) < 4.78 is 5.84. The fourth-order valence-corrected chi connectivity index (χ4v) is 4.64. The maximum Gasteiger partial charge on any atom is 0.307 e. The Kier molecular flexibility index (Phi) is 7.49. The Hall–Kier alpha value is -1.43. The first-order chi connectivity index (χ1) is 13.5. The van der Waals surface area contributed by atoms with Crippen molar-refractivity contribution < 1.29 is 14.6 Å². The number of alkyl halides is 1. The molecule has 1 aliphatic carbocycles. The van der Waals surface area contributed by atoms with Crippen LogP contribution < -0.4 is 4.74 Å². The molecule has 0 spiro atoms. The number of nitrogens with zero attached hydrogens (tertiary/aromatic N) is 1. The van der Waals surface area contributed by atoms with Crippen LogP contribution in [0.1, 0.15) is 49.8 Å². The van der Waals surface area contributed by atoms with Crippen LogP contribution >= 0.6 is 35.0 Å². The molecule has 150 valence electrons. The zero-order valence-electron chi connectivity index (χ0n) is 15.6. The van der Waals surface area contributed by atoms with Gasteiger partial charge in [0.05, 0.1) is 21.3 Å². The molecule has 3 atom stereocenters. The summed E-state index contributed by atoms with van der Waals surface area (Å²) in [6, 6.07) is 11.2. The van der Waals surface area contributed by atoms with E-state index in [1.54, 1.807) is 17.8 Å². The summed E-state index contributed by atoms with van der Waals surface area (Å²) >= 11 is 14.3. The highest BCUT2D eigenvalue weighted by Gasteiger charge is 2.45. The molecule has 3 rings (SSSR count). The van der Waals surface area contributed by atoms with Crippen molar-refractivity contribution in [2.45, 2.75) is 54.9 Å². The highest BCUT2D eigenvalue weighted by Crippen LogP contribution is 2.50. The topological polar surface area (TPSA) is 59.4 Å². The first-order valence-electron chi connectivity index (χ1n) is 9.39. The molecule has 4 nitrogen and oxygen atoms in total. The number of thioether (sulfide) groups is 1. The number of hydrogen-bond acceptors (Lipinski definition) is 4. The molecule has 3 unspecified atom stereocenters. The van der Waals surface area contributed by atoms with Crippen molar-refractivity contribution in [1.82, 2.24) is 4.98 Å². The summed E-state index contributed by atoms with van der Waals surface area (Å²) in [6.45, 7) is 2.48. The molecule has 2 aromatic rings. The summed E-state index contributed by atoms with van der Waals surface area (Å²) in [5.41, 5.74) is 1.69. The van der Waals surface area contributed by atoms with E-state index in [0.717, 1.165) is 35.5 Å². The van der Waals surface area contributed by atoms with Crippen LogP contribution in [-0.4, -0.2) is 20.8 Å². The third-order valence-corrected chi connectivity index (χ3v) is 6.45. The van der Waals surface area contributed by atoms with Gasteiger partial charge in [0, 0.05) is 5.02 Å². The molecule has 0 saturated heterocycles. The van der Waals surface area contributed by atoms with E-state index in [-0.39, 0.29) is 16.5 Å². The number of halogens is 2. The number of pyridine rings is 1. The van der Waals surface area contributed by atoms with E-state index < -0.39 is 5.97 Å². The predicted octanol–water partition coefficient (Wildman–Crippen LogP) is 6.35. The smallest absolute Gasteiger partial charge is 0.307 e. The second-order valence-corrected chi connectivity index (χ2v) is 9.31. The number of ether oxygens (including phenoxy) is 1. The molecule has 0 radical (unpaired) electrons. The van der Waals surface area contributed by atoms with Gasteiger partial charge in [-0.15, -0.1) is 11.6 Å². The average molecular weight is 440 g/mol. The zero-order valence-corrected chi connectivity index (χ0v) is 17.9. The van der Waals surface area contributed by atoms with Crippen molar-refractivity contribution in [3.05, 3.63) is 52.7 Å². The number of aromatic nitrogens is 1. The van der Waals surface area contributed by atoms with Crippen LogP contribution in [-0.2, 0) is 11.4 Å². The van der Waals surface area contributed by atoms with E-state index in [0.29, 0.717) is 23.8 Å². The molecule has 1 heterocycles. The molecule has 7 heteroatoms. The molecule has 1 N–H and O–H groups in total. The Balaban J connectivity index is 1.56. The first kappa shape index (κ1) is 21.3. The van der Waals surface area contributed by atoms with Crippen molar-refractivity contribution in [3.63, 3.8) is 0 Å². The third kappa shape index (κ3) is 5.79. The lowest BCUT2D eigenvalue weighted by Gasteiger charge is -2.11. The Bertz CT molecular complexity index is 833. The summed E-state index contributed by atoms with van der Waals surface area (Å²) in [5, 5.41) is 10.5. The van der Waals surface area contributed by atoms with Gasteiger partial charge < -0.3 is 9.84 Å². The average Bonchev–Trinajstić information content (AvgIpc) is 3.46. The lowest BCUT2D eigenvalue weighted by Crippen LogP contribution is -2.01. The lowest BCUT2D eigenvalue weighted by molar-refractivity contribution is -0.138. The number of carboxylic acids is 1. The van der Waals surface area contributed by atoms with Gasteiger partial charge in [-0.3, -0.25) is 4.79 Å². The van der Waals surface area contributed by atoms with Crippen LogP contribution in [0.3, 0.4) is 0 Å².